The second-order valence-corrected chi connectivity index (χ2v) is 13.9. The second kappa shape index (κ2) is 10.3. The molecule has 240 valence electrons. The Kier molecular flexibility index (Phi) is 5.50. The highest BCUT2D eigenvalue weighted by Gasteiger charge is 2.26. The molecule has 52 heavy (non-hydrogen) atoms. The summed E-state index contributed by atoms with van der Waals surface area (Å²) in [7, 11) is 0. The Hall–Kier alpha value is -6.97. The molecule has 0 unspecified atom stereocenters. The van der Waals surface area contributed by atoms with Crippen LogP contribution in [0.4, 0.5) is 0 Å². The van der Waals surface area contributed by atoms with Crippen molar-refractivity contribution < 1.29 is 0 Å². The summed E-state index contributed by atoms with van der Waals surface area (Å²) in [5, 5.41) is 8.74. The van der Waals surface area contributed by atoms with Gasteiger partial charge in [0.25, 0.3) is 0 Å². The molecule has 1 aliphatic carbocycles. The number of hydrogen-bond acceptors (Lipinski definition) is 1. The van der Waals surface area contributed by atoms with E-state index in [2.05, 4.69) is 185 Å². The summed E-state index contributed by atoms with van der Waals surface area (Å²) < 4.78 is 4.86. The molecule has 0 N–H and O–H groups in total. The zero-order valence-corrected chi connectivity index (χ0v) is 28.1. The highest BCUT2D eigenvalue weighted by molar-refractivity contribution is 6.30. The van der Waals surface area contributed by atoms with Gasteiger partial charge >= 0.3 is 0 Å². The van der Waals surface area contributed by atoms with E-state index in [0.29, 0.717) is 0 Å². The van der Waals surface area contributed by atoms with Crippen molar-refractivity contribution in [2.45, 2.75) is 0 Å². The molecule has 0 radical (unpaired) electrons. The average molecular weight is 660 g/mol. The van der Waals surface area contributed by atoms with Crippen LogP contribution >= 0.6 is 0 Å². The molecule has 0 amide bonds. The highest BCUT2D eigenvalue weighted by Crippen LogP contribution is 2.50. The number of hydrogen-bond donors (Lipinski definition) is 0. The van der Waals surface area contributed by atoms with Crippen LogP contribution in [0.15, 0.2) is 176 Å². The van der Waals surface area contributed by atoms with E-state index in [-0.39, 0.29) is 0 Å². The van der Waals surface area contributed by atoms with Gasteiger partial charge in [0.05, 0.1) is 39.0 Å². The summed E-state index contributed by atoms with van der Waals surface area (Å²) in [4.78, 5) is 5.50. The van der Waals surface area contributed by atoms with Gasteiger partial charge in [-0.1, -0.05) is 127 Å². The topological polar surface area (TPSA) is 22.8 Å². The molecule has 0 spiro atoms. The van der Waals surface area contributed by atoms with Crippen molar-refractivity contribution >= 4 is 65.3 Å². The minimum Gasteiger partial charge on any atom is -0.309 e. The molecule has 3 heterocycles. The lowest BCUT2D eigenvalue weighted by Gasteiger charge is -2.17. The third kappa shape index (κ3) is 3.66. The summed E-state index contributed by atoms with van der Waals surface area (Å²) in [5.41, 5.74) is 15.1. The van der Waals surface area contributed by atoms with Gasteiger partial charge in [-0.25, -0.2) is 4.98 Å². The Morgan fingerprint density at radius 3 is 1.90 bits per heavy atom. The van der Waals surface area contributed by atoms with Crippen molar-refractivity contribution in [2.75, 3.05) is 0 Å². The minimum absolute atomic E-state index is 0.959. The summed E-state index contributed by atoms with van der Waals surface area (Å²) in [6, 6.07) is 64.2. The largest absolute Gasteiger partial charge is 0.309 e. The molecule has 12 rings (SSSR count). The number of nitrogens with zero attached hydrogens (tertiary/aromatic N) is 3. The van der Waals surface area contributed by atoms with Gasteiger partial charge in [0.2, 0.25) is 0 Å². The van der Waals surface area contributed by atoms with E-state index in [1.54, 1.807) is 0 Å². The first-order chi connectivity index (χ1) is 25.8. The molecule has 11 aromatic rings. The van der Waals surface area contributed by atoms with Crippen LogP contribution in [0.1, 0.15) is 0 Å². The third-order valence-corrected chi connectivity index (χ3v) is 11.2. The van der Waals surface area contributed by atoms with Crippen LogP contribution in [-0.4, -0.2) is 14.1 Å². The predicted molar refractivity (Wildman–Crippen MR) is 218 cm³/mol. The standard InChI is InChI=1S/C49H29N3/c1-2-14-33(15-3-1)51-41-22-9-7-18-36(41)37-26-24-32(29-44(37)51)49-45(28-31-12-4-8-21-40(31)50-49)52-42-23-11-20-39-35-17-6-5-16-34(35)38-19-10-13-30-25-27-43(52)48(46(30)38)47(39)42/h1-29H. The molecule has 0 saturated carbocycles. The lowest BCUT2D eigenvalue weighted by Crippen LogP contribution is -2.01. The number of para-hydroxylation sites is 3. The van der Waals surface area contributed by atoms with Crippen LogP contribution < -0.4 is 0 Å². The van der Waals surface area contributed by atoms with Gasteiger partial charge < -0.3 is 9.13 Å². The summed E-state index contributed by atoms with van der Waals surface area (Å²) in [6.07, 6.45) is 0. The molecule has 3 heteroatoms. The quantitative estimate of drug-likeness (QED) is 0.185. The normalized spacial score (nSPS) is 12.2. The number of pyridine rings is 1. The highest BCUT2D eigenvalue weighted by atomic mass is 15.0. The van der Waals surface area contributed by atoms with Crippen LogP contribution in [0, 0.1) is 0 Å². The Labute approximate surface area is 299 Å². The third-order valence-electron chi connectivity index (χ3n) is 11.2. The summed E-state index contributed by atoms with van der Waals surface area (Å²) >= 11 is 0. The Balaban J connectivity index is 1.23. The maximum Gasteiger partial charge on any atom is 0.0950 e. The Morgan fingerprint density at radius 2 is 1.02 bits per heavy atom. The Bertz CT molecular complexity index is 3290. The van der Waals surface area contributed by atoms with E-state index >= 15 is 0 Å². The van der Waals surface area contributed by atoms with E-state index in [1.165, 1.54) is 71.1 Å². The van der Waals surface area contributed by atoms with Crippen molar-refractivity contribution in [3.8, 4) is 44.9 Å². The molecular formula is C49H29N3. The fourth-order valence-electron chi connectivity index (χ4n) is 9.05. The molecule has 1 aliphatic rings. The lowest BCUT2D eigenvalue weighted by atomic mass is 9.93. The van der Waals surface area contributed by atoms with E-state index in [0.717, 1.165) is 39.1 Å². The minimum atomic E-state index is 0.959. The molecule has 0 aliphatic heterocycles. The summed E-state index contributed by atoms with van der Waals surface area (Å²) in [5.74, 6) is 0. The van der Waals surface area contributed by atoms with Gasteiger partial charge in [0.1, 0.15) is 0 Å². The molecule has 0 fully saturated rings. The van der Waals surface area contributed by atoms with E-state index in [9.17, 15) is 0 Å². The van der Waals surface area contributed by atoms with E-state index in [1.807, 2.05) is 0 Å². The summed E-state index contributed by atoms with van der Waals surface area (Å²) in [6.45, 7) is 0. The number of rotatable bonds is 3. The number of aromatic nitrogens is 3. The van der Waals surface area contributed by atoms with Crippen LogP contribution in [0.25, 0.3) is 110 Å². The predicted octanol–water partition coefficient (Wildman–Crippen LogP) is 12.9. The van der Waals surface area contributed by atoms with Crippen molar-refractivity contribution in [2.24, 2.45) is 0 Å². The number of benzene rings is 8. The van der Waals surface area contributed by atoms with Gasteiger partial charge in [-0.3, -0.25) is 0 Å². The van der Waals surface area contributed by atoms with Crippen molar-refractivity contribution in [3.63, 3.8) is 0 Å². The van der Waals surface area contributed by atoms with E-state index in [4.69, 9.17) is 4.98 Å². The molecule has 3 aromatic heterocycles. The van der Waals surface area contributed by atoms with E-state index < -0.39 is 0 Å². The van der Waals surface area contributed by atoms with Gasteiger partial charge in [0.15, 0.2) is 0 Å². The monoisotopic (exact) mass is 659 g/mol. The van der Waals surface area contributed by atoms with Crippen LogP contribution in [0.3, 0.4) is 0 Å². The average Bonchev–Trinajstić information content (AvgIpc) is 3.69. The maximum absolute atomic E-state index is 5.50. The molecule has 8 aromatic carbocycles. The first-order valence-electron chi connectivity index (χ1n) is 17.9. The van der Waals surface area contributed by atoms with Gasteiger partial charge in [-0.2, -0.15) is 0 Å². The van der Waals surface area contributed by atoms with Gasteiger partial charge in [-0.15, -0.1) is 0 Å². The second-order valence-electron chi connectivity index (χ2n) is 13.9. The van der Waals surface area contributed by atoms with Crippen molar-refractivity contribution in [1.29, 1.82) is 0 Å². The molecule has 0 atom stereocenters. The van der Waals surface area contributed by atoms with Crippen LogP contribution in [0.2, 0.25) is 0 Å². The maximum atomic E-state index is 5.50. The van der Waals surface area contributed by atoms with Crippen molar-refractivity contribution in [1.82, 2.24) is 14.1 Å². The molecular weight excluding hydrogens is 631 g/mol. The zero-order valence-electron chi connectivity index (χ0n) is 28.1. The lowest BCUT2D eigenvalue weighted by molar-refractivity contribution is 1.16. The first-order valence-corrected chi connectivity index (χ1v) is 17.9. The Morgan fingerprint density at radius 1 is 0.365 bits per heavy atom. The molecule has 3 nitrogen and oxygen atoms in total. The molecule has 0 bridgehead atoms. The molecule has 0 saturated heterocycles. The smallest absolute Gasteiger partial charge is 0.0950 e. The fraction of sp³-hybridized carbons (Fsp3) is 0. The van der Waals surface area contributed by atoms with Crippen molar-refractivity contribution in [3.05, 3.63) is 176 Å². The van der Waals surface area contributed by atoms with Gasteiger partial charge in [-0.05, 0) is 81.6 Å². The van der Waals surface area contributed by atoms with Crippen LogP contribution in [0.5, 0.6) is 0 Å². The SMILES string of the molecule is c1ccc(-n2c3ccccc3c3ccc(-c4nc5ccccc5cc4-n4c5cccc6c5c5c7c(cccc7ccc54)-c4ccccc4-6)cc32)cc1. The van der Waals surface area contributed by atoms with Crippen LogP contribution in [-0.2, 0) is 0 Å². The first kappa shape index (κ1) is 27.8. The zero-order chi connectivity index (χ0) is 33.9. The fourth-order valence-corrected chi connectivity index (χ4v) is 9.05. The van der Waals surface area contributed by atoms with Gasteiger partial charge in [0, 0.05) is 38.2 Å². The number of fused-ring (bicyclic) bond motifs is 7.